The minimum atomic E-state index is -1.17. The lowest BCUT2D eigenvalue weighted by Gasteiger charge is -2.22. The van der Waals surface area contributed by atoms with Crippen LogP contribution in [0.4, 0.5) is 0 Å². The van der Waals surface area contributed by atoms with Crippen LogP contribution in [0.25, 0.3) is 0 Å². The predicted octanol–water partition coefficient (Wildman–Crippen LogP) is -6.44. The summed E-state index contributed by atoms with van der Waals surface area (Å²) in [5, 5.41) is 30.1. The maximum absolute atomic E-state index is 13.1. The Morgan fingerprint density at radius 2 is 0.453 bits per heavy atom. The Morgan fingerprint density at radius 3 is 0.625 bits per heavy atom. The van der Waals surface area contributed by atoms with E-state index < -0.39 is 107 Å². The van der Waals surface area contributed by atoms with Gasteiger partial charge in [0.05, 0.1) is 0 Å². The maximum Gasteiger partial charge on any atom is 0.242 e. The second kappa shape index (κ2) is 31.0. The molecule has 14 N–H and O–H groups in total. The molecular weight excluding hydrogens is 846 g/mol. The van der Waals surface area contributed by atoms with Gasteiger partial charge in [0.15, 0.2) is 0 Å². The van der Waals surface area contributed by atoms with E-state index in [1.165, 1.54) is 48.5 Å². The average molecular weight is 912 g/mol. The van der Waals surface area contributed by atoms with Crippen molar-refractivity contribution >= 4 is 76.8 Å². The first kappa shape index (κ1) is 57.1. The molecule has 0 saturated heterocycles. The molecule has 0 aliphatic rings. The minimum Gasteiger partial charge on any atom is -0.368 e. The number of carbonyl (C=O) groups excluding carboxylic acids is 13. The molecule has 0 unspecified atom stereocenters. The second-order valence-electron chi connectivity index (χ2n) is 14.6. The van der Waals surface area contributed by atoms with Gasteiger partial charge in [0.2, 0.25) is 76.8 Å². The number of rotatable bonds is 30. The molecule has 0 spiro atoms. The van der Waals surface area contributed by atoms with Gasteiger partial charge in [-0.05, 0) is 38.5 Å². The van der Waals surface area contributed by atoms with Gasteiger partial charge in [-0.15, -0.1) is 0 Å². The standard InChI is InChI=1S/C38H65N13O13/c1-20(52)40-14-9-28(47-22(3)54)34(60)42-16-11-30(49-24(5)56)36(62)44-18-13-32(51-26(7)58)38(64)45-19-12-31(50-25(6)57)37(63)43-17-10-29(48-23(4)55)35(61)41-15-8-27(33(39)59)46-21(2)53/h27-32H,8-19H2,1-7H3,(H2,39,59)(H,40,52)(H,41,61)(H,42,60)(H,43,63)(H,44,62)(H,45,64)(H,46,53)(H,47,54)(H,48,55)(H,49,56)(H,50,57)(H,51,58)/t27-,28-,29-,30-,31-,32-/m0/s1. The summed E-state index contributed by atoms with van der Waals surface area (Å²) in [6.07, 6.45) is -0.335. The second-order valence-corrected chi connectivity index (χ2v) is 14.6. The van der Waals surface area contributed by atoms with Crippen molar-refractivity contribution in [2.24, 2.45) is 5.73 Å². The molecule has 0 rings (SSSR count). The molecule has 0 aliphatic carbocycles. The van der Waals surface area contributed by atoms with Crippen LogP contribution in [0.5, 0.6) is 0 Å². The van der Waals surface area contributed by atoms with Crippen LogP contribution in [0, 0.1) is 0 Å². The summed E-state index contributed by atoms with van der Waals surface area (Å²) in [7, 11) is 0. The summed E-state index contributed by atoms with van der Waals surface area (Å²) in [5.74, 6) is -7.63. The van der Waals surface area contributed by atoms with Crippen molar-refractivity contribution in [3.8, 4) is 0 Å². The van der Waals surface area contributed by atoms with Gasteiger partial charge in [0, 0.05) is 87.7 Å². The minimum absolute atomic E-state index is 0.0266. The Hall–Kier alpha value is -6.89. The van der Waals surface area contributed by atoms with Crippen LogP contribution in [0.3, 0.4) is 0 Å². The molecule has 0 aliphatic heterocycles. The van der Waals surface area contributed by atoms with Gasteiger partial charge in [-0.1, -0.05) is 0 Å². The fourth-order valence-corrected chi connectivity index (χ4v) is 5.81. The van der Waals surface area contributed by atoms with Gasteiger partial charge < -0.3 is 69.5 Å². The van der Waals surface area contributed by atoms with Crippen LogP contribution in [-0.4, -0.2) is 152 Å². The molecule has 0 aromatic heterocycles. The van der Waals surface area contributed by atoms with Crippen LogP contribution in [-0.2, 0) is 62.3 Å². The van der Waals surface area contributed by atoms with E-state index in [1.54, 1.807) is 0 Å². The molecule has 0 radical (unpaired) electrons. The zero-order valence-corrected chi connectivity index (χ0v) is 37.3. The van der Waals surface area contributed by atoms with Gasteiger partial charge in [0.1, 0.15) is 36.3 Å². The molecule has 0 aromatic carbocycles. The number of hydrogen-bond acceptors (Lipinski definition) is 13. The Morgan fingerprint density at radius 1 is 0.281 bits per heavy atom. The molecule has 360 valence electrons. The van der Waals surface area contributed by atoms with Gasteiger partial charge >= 0.3 is 0 Å². The largest absolute Gasteiger partial charge is 0.368 e. The van der Waals surface area contributed by atoms with Gasteiger partial charge in [-0.25, -0.2) is 0 Å². The smallest absolute Gasteiger partial charge is 0.242 e. The van der Waals surface area contributed by atoms with Crippen LogP contribution < -0.4 is 69.5 Å². The summed E-state index contributed by atoms with van der Waals surface area (Å²) in [5.41, 5.74) is 5.27. The molecule has 26 heteroatoms. The Kier molecular flexibility index (Phi) is 27.7. The predicted molar refractivity (Wildman–Crippen MR) is 226 cm³/mol. The van der Waals surface area contributed by atoms with Crippen molar-refractivity contribution in [2.75, 3.05) is 39.3 Å². The van der Waals surface area contributed by atoms with Gasteiger partial charge in [0.25, 0.3) is 0 Å². The summed E-state index contributed by atoms with van der Waals surface area (Å²) >= 11 is 0. The third-order valence-electron chi connectivity index (χ3n) is 8.66. The van der Waals surface area contributed by atoms with E-state index >= 15 is 0 Å². The summed E-state index contributed by atoms with van der Waals surface area (Å²) in [4.78, 5) is 158. The lowest BCUT2D eigenvalue weighted by Crippen LogP contribution is -2.52. The van der Waals surface area contributed by atoms with Crippen LogP contribution >= 0.6 is 0 Å². The number of nitrogens with two attached hydrogens (primary N) is 1. The Balaban J connectivity index is 5.36. The van der Waals surface area contributed by atoms with Crippen molar-refractivity contribution in [1.29, 1.82) is 0 Å². The van der Waals surface area contributed by atoms with E-state index in [1.807, 2.05) is 0 Å². The zero-order valence-electron chi connectivity index (χ0n) is 37.3. The van der Waals surface area contributed by atoms with Crippen molar-refractivity contribution in [3.05, 3.63) is 0 Å². The summed E-state index contributed by atoms with van der Waals surface area (Å²) < 4.78 is 0. The van der Waals surface area contributed by atoms with E-state index in [2.05, 4.69) is 63.8 Å². The highest BCUT2D eigenvalue weighted by Gasteiger charge is 2.26. The Labute approximate surface area is 370 Å². The van der Waals surface area contributed by atoms with Crippen molar-refractivity contribution in [1.82, 2.24) is 63.8 Å². The monoisotopic (exact) mass is 911 g/mol. The molecule has 0 bridgehead atoms. The SMILES string of the molecule is CC(=O)NCC[C@H](NC(C)=O)C(=O)NCC[C@H](NC(C)=O)C(=O)NCC[C@H](NC(C)=O)C(=O)NCC[C@H](NC(C)=O)C(=O)NCC[C@H](NC(C)=O)C(=O)NCC[C@H](NC(C)=O)C(N)=O. The van der Waals surface area contributed by atoms with E-state index in [-0.39, 0.29) is 83.7 Å². The molecule has 64 heavy (non-hydrogen) atoms. The van der Waals surface area contributed by atoms with Gasteiger partial charge in [-0.3, -0.25) is 62.3 Å². The molecule has 13 amide bonds. The first-order valence-corrected chi connectivity index (χ1v) is 20.5. The molecule has 0 saturated carbocycles. The molecular formula is C38H65N13O13. The zero-order chi connectivity index (χ0) is 48.9. The number of primary amides is 1. The number of hydrogen-bond donors (Lipinski definition) is 13. The third kappa shape index (κ3) is 27.1. The first-order chi connectivity index (χ1) is 29.9. The maximum atomic E-state index is 13.1. The van der Waals surface area contributed by atoms with Crippen LogP contribution in [0.2, 0.25) is 0 Å². The van der Waals surface area contributed by atoms with E-state index in [0.717, 1.165) is 0 Å². The fourth-order valence-electron chi connectivity index (χ4n) is 5.81. The highest BCUT2D eigenvalue weighted by Crippen LogP contribution is 2.00. The molecule has 0 heterocycles. The summed E-state index contributed by atoms with van der Waals surface area (Å²) in [6, 6.07) is -6.60. The number of nitrogens with one attached hydrogen (secondary N) is 12. The molecule has 26 nitrogen and oxygen atoms in total. The number of amides is 13. The van der Waals surface area contributed by atoms with Crippen molar-refractivity contribution < 1.29 is 62.3 Å². The lowest BCUT2D eigenvalue weighted by molar-refractivity contribution is -0.130. The lowest BCUT2D eigenvalue weighted by atomic mass is 10.1. The topological polar surface area (TPSA) is 392 Å². The quantitative estimate of drug-likeness (QED) is 0.0319. The normalized spacial score (nSPS) is 13.2. The highest BCUT2D eigenvalue weighted by molar-refractivity contribution is 5.91. The van der Waals surface area contributed by atoms with Crippen molar-refractivity contribution in [3.63, 3.8) is 0 Å². The molecule has 0 fully saturated rings. The highest BCUT2D eigenvalue weighted by atomic mass is 16.2. The molecule has 6 atom stereocenters. The molecule has 0 aromatic rings. The van der Waals surface area contributed by atoms with Crippen LogP contribution in [0.1, 0.15) is 87.0 Å². The third-order valence-corrected chi connectivity index (χ3v) is 8.66. The van der Waals surface area contributed by atoms with Crippen molar-refractivity contribution in [2.45, 2.75) is 123 Å². The van der Waals surface area contributed by atoms with E-state index in [0.29, 0.717) is 0 Å². The fraction of sp³-hybridized carbons (Fsp3) is 0.658. The van der Waals surface area contributed by atoms with E-state index in [9.17, 15) is 62.3 Å². The van der Waals surface area contributed by atoms with Gasteiger partial charge in [-0.2, -0.15) is 0 Å². The Bertz CT molecular complexity index is 1690. The first-order valence-electron chi connectivity index (χ1n) is 20.5. The summed E-state index contributed by atoms with van der Waals surface area (Å²) in [6.45, 7) is 7.86. The van der Waals surface area contributed by atoms with Crippen LogP contribution in [0.15, 0.2) is 0 Å². The number of carbonyl (C=O) groups is 13. The van der Waals surface area contributed by atoms with E-state index in [4.69, 9.17) is 5.73 Å². The average Bonchev–Trinajstić information content (AvgIpc) is 3.17.